The minimum Gasteiger partial charge on any atom is -0.373 e. The van der Waals surface area contributed by atoms with E-state index >= 15 is 0 Å². The van der Waals surface area contributed by atoms with E-state index in [0.29, 0.717) is 5.69 Å². The highest BCUT2D eigenvalue weighted by molar-refractivity contribution is 6.23. The zero-order chi connectivity index (χ0) is 18.3. The summed E-state index contributed by atoms with van der Waals surface area (Å²) in [6.45, 7) is 9.97. The fourth-order valence-electron chi connectivity index (χ4n) is 3.54. The van der Waals surface area contributed by atoms with Crippen molar-refractivity contribution >= 4 is 23.2 Å². The van der Waals surface area contributed by atoms with E-state index in [1.807, 2.05) is 45.9 Å². The predicted molar refractivity (Wildman–Crippen MR) is 101 cm³/mol. The molecule has 2 aromatic rings. The number of benzene rings is 2. The predicted octanol–water partition coefficient (Wildman–Crippen LogP) is 3.97. The Morgan fingerprint density at radius 2 is 1.52 bits per heavy atom. The van der Waals surface area contributed by atoms with Crippen LogP contribution < -0.4 is 10.2 Å². The lowest BCUT2D eigenvalue weighted by Gasteiger charge is -2.20. The van der Waals surface area contributed by atoms with Gasteiger partial charge in [-0.15, -0.1) is 0 Å². The molecule has 1 fully saturated rings. The first-order valence-electron chi connectivity index (χ1n) is 8.56. The number of nitrogens with one attached hydrogen (secondary N) is 1. The molecule has 1 saturated heterocycles. The minimum absolute atomic E-state index is 0.154. The summed E-state index contributed by atoms with van der Waals surface area (Å²) < 4.78 is 0. The Kier molecular flexibility index (Phi) is 4.38. The van der Waals surface area contributed by atoms with E-state index in [0.717, 1.165) is 27.9 Å². The monoisotopic (exact) mass is 336 g/mol. The molecule has 1 heterocycles. The Labute approximate surface area is 148 Å². The SMILES string of the molecule is Cc1cc(C)c(N[C@H]2CC(=O)N(c3cc(C)ccc3C)C2=O)c(C)c1. The Hall–Kier alpha value is -2.62. The van der Waals surface area contributed by atoms with Crippen molar-refractivity contribution in [1.82, 2.24) is 0 Å². The number of nitrogens with zero attached hydrogens (tertiary/aromatic N) is 1. The van der Waals surface area contributed by atoms with Crippen molar-refractivity contribution in [1.29, 1.82) is 0 Å². The molecule has 3 rings (SSSR count). The molecular weight excluding hydrogens is 312 g/mol. The average molecular weight is 336 g/mol. The first kappa shape index (κ1) is 17.2. The molecule has 1 atom stereocenters. The second-order valence-corrected chi connectivity index (χ2v) is 7.03. The van der Waals surface area contributed by atoms with Gasteiger partial charge in [0.05, 0.1) is 12.1 Å². The fourth-order valence-corrected chi connectivity index (χ4v) is 3.54. The molecule has 2 amide bonds. The van der Waals surface area contributed by atoms with Gasteiger partial charge in [0.1, 0.15) is 6.04 Å². The van der Waals surface area contributed by atoms with Crippen LogP contribution in [0.1, 0.15) is 34.2 Å². The molecule has 1 aliphatic heterocycles. The van der Waals surface area contributed by atoms with Gasteiger partial charge >= 0.3 is 0 Å². The summed E-state index contributed by atoms with van der Waals surface area (Å²) in [5, 5.41) is 3.31. The zero-order valence-electron chi connectivity index (χ0n) is 15.4. The van der Waals surface area contributed by atoms with Crippen molar-refractivity contribution < 1.29 is 9.59 Å². The lowest BCUT2D eigenvalue weighted by Crippen LogP contribution is -2.35. The first-order valence-corrected chi connectivity index (χ1v) is 8.56. The molecule has 1 aliphatic rings. The summed E-state index contributed by atoms with van der Waals surface area (Å²) in [7, 11) is 0. The van der Waals surface area contributed by atoms with E-state index in [9.17, 15) is 9.59 Å². The lowest BCUT2D eigenvalue weighted by molar-refractivity contribution is -0.121. The molecule has 0 bridgehead atoms. The Morgan fingerprint density at radius 1 is 0.880 bits per heavy atom. The summed E-state index contributed by atoms with van der Waals surface area (Å²) in [6.07, 6.45) is 0.180. The summed E-state index contributed by atoms with van der Waals surface area (Å²) in [6, 6.07) is 9.47. The Bertz CT molecular complexity index is 847. The van der Waals surface area contributed by atoms with Crippen molar-refractivity contribution in [3.8, 4) is 0 Å². The van der Waals surface area contributed by atoms with E-state index in [1.54, 1.807) is 0 Å². The van der Waals surface area contributed by atoms with Crippen molar-refractivity contribution in [3.63, 3.8) is 0 Å². The Morgan fingerprint density at radius 3 is 2.16 bits per heavy atom. The summed E-state index contributed by atoms with van der Waals surface area (Å²) in [5.41, 5.74) is 6.95. The second-order valence-electron chi connectivity index (χ2n) is 7.03. The third-order valence-corrected chi connectivity index (χ3v) is 4.75. The molecule has 4 nitrogen and oxygen atoms in total. The first-order chi connectivity index (χ1) is 11.8. The third kappa shape index (κ3) is 3.16. The van der Waals surface area contributed by atoms with Gasteiger partial charge in [0.2, 0.25) is 5.91 Å². The van der Waals surface area contributed by atoms with Crippen LogP contribution in [0, 0.1) is 34.6 Å². The molecule has 0 saturated carbocycles. The van der Waals surface area contributed by atoms with Gasteiger partial charge in [0, 0.05) is 5.69 Å². The lowest BCUT2D eigenvalue weighted by atomic mass is 10.0. The van der Waals surface area contributed by atoms with Crippen LogP contribution in [0.4, 0.5) is 11.4 Å². The van der Waals surface area contributed by atoms with Gasteiger partial charge in [0.15, 0.2) is 0 Å². The van der Waals surface area contributed by atoms with Crippen LogP contribution in [-0.2, 0) is 9.59 Å². The normalized spacial score (nSPS) is 17.3. The van der Waals surface area contributed by atoms with Crippen LogP contribution >= 0.6 is 0 Å². The number of imide groups is 1. The molecule has 0 unspecified atom stereocenters. The van der Waals surface area contributed by atoms with Crippen LogP contribution in [0.25, 0.3) is 0 Å². The molecule has 2 aromatic carbocycles. The van der Waals surface area contributed by atoms with Crippen molar-refractivity contribution in [3.05, 3.63) is 58.1 Å². The highest BCUT2D eigenvalue weighted by Crippen LogP contribution is 2.30. The molecule has 0 aromatic heterocycles. The molecule has 25 heavy (non-hydrogen) atoms. The molecule has 0 radical (unpaired) electrons. The van der Waals surface area contributed by atoms with Crippen LogP contribution in [0.2, 0.25) is 0 Å². The summed E-state index contributed by atoms with van der Waals surface area (Å²) in [5.74, 6) is -0.336. The van der Waals surface area contributed by atoms with Gasteiger partial charge in [-0.2, -0.15) is 0 Å². The second kappa shape index (κ2) is 6.36. The maximum atomic E-state index is 12.9. The number of anilines is 2. The number of aryl methyl sites for hydroxylation is 5. The van der Waals surface area contributed by atoms with E-state index < -0.39 is 6.04 Å². The number of amides is 2. The largest absolute Gasteiger partial charge is 0.373 e. The summed E-state index contributed by atoms with van der Waals surface area (Å²) >= 11 is 0. The molecule has 0 aliphatic carbocycles. The van der Waals surface area contributed by atoms with Gasteiger partial charge in [-0.3, -0.25) is 9.59 Å². The van der Waals surface area contributed by atoms with E-state index in [1.165, 1.54) is 10.5 Å². The van der Waals surface area contributed by atoms with Crippen molar-refractivity contribution in [2.75, 3.05) is 10.2 Å². The van der Waals surface area contributed by atoms with E-state index in [4.69, 9.17) is 0 Å². The van der Waals surface area contributed by atoms with Crippen LogP contribution in [0.15, 0.2) is 30.3 Å². The van der Waals surface area contributed by atoms with Crippen molar-refractivity contribution in [2.45, 2.75) is 47.1 Å². The van der Waals surface area contributed by atoms with Gasteiger partial charge in [0.25, 0.3) is 5.91 Å². The van der Waals surface area contributed by atoms with Gasteiger partial charge in [-0.1, -0.05) is 29.8 Å². The number of carbonyl (C=O) groups excluding carboxylic acids is 2. The van der Waals surface area contributed by atoms with Gasteiger partial charge in [-0.05, 0) is 62.9 Å². The third-order valence-electron chi connectivity index (χ3n) is 4.75. The molecule has 1 N–H and O–H groups in total. The standard InChI is InChI=1S/C21H24N2O2/c1-12-6-7-14(3)18(10-12)23-19(24)11-17(21(23)25)22-20-15(4)8-13(2)9-16(20)5/h6-10,17,22H,11H2,1-5H3/t17-/m0/s1. The van der Waals surface area contributed by atoms with E-state index in [2.05, 4.69) is 24.4 Å². The quantitative estimate of drug-likeness (QED) is 0.863. The number of hydrogen-bond acceptors (Lipinski definition) is 3. The van der Waals surface area contributed by atoms with Gasteiger partial charge in [-0.25, -0.2) is 4.90 Å². The number of rotatable bonds is 3. The number of carbonyl (C=O) groups is 2. The average Bonchev–Trinajstić information content (AvgIpc) is 2.80. The van der Waals surface area contributed by atoms with Crippen LogP contribution in [0.5, 0.6) is 0 Å². The van der Waals surface area contributed by atoms with Crippen LogP contribution in [-0.4, -0.2) is 17.9 Å². The molecule has 130 valence electrons. The molecular formula is C21H24N2O2. The molecule has 0 spiro atoms. The molecule has 4 heteroatoms. The zero-order valence-corrected chi connectivity index (χ0v) is 15.4. The van der Waals surface area contributed by atoms with Crippen LogP contribution in [0.3, 0.4) is 0 Å². The topological polar surface area (TPSA) is 49.4 Å². The fraction of sp³-hybridized carbons (Fsp3) is 0.333. The smallest absolute Gasteiger partial charge is 0.256 e. The highest BCUT2D eigenvalue weighted by atomic mass is 16.2. The Balaban J connectivity index is 1.91. The van der Waals surface area contributed by atoms with Gasteiger partial charge < -0.3 is 5.32 Å². The maximum Gasteiger partial charge on any atom is 0.256 e. The maximum absolute atomic E-state index is 12.9. The highest BCUT2D eigenvalue weighted by Gasteiger charge is 2.40. The minimum atomic E-state index is -0.521. The number of hydrogen-bond donors (Lipinski definition) is 1. The van der Waals surface area contributed by atoms with E-state index in [-0.39, 0.29) is 18.2 Å². The summed E-state index contributed by atoms with van der Waals surface area (Å²) in [4.78, 5) is 26.8. The van der Waals surface area contributed by atoms with Crippen molar-refractivity contribution in [2.24, 2.45) is 0 Å².